The standard InChI is InChI=1S/C3H5.C2H3.CH3.2ClH.H4Si.Zr/c1-3-2;1-2;;;;;/h3H,1-2H2;1H,2H2;1H3;2*1H;1H4;/q;;;;;;+2/p-2. The Labute approximate surface area is 88.7 Å². The topological polar surface area (TPSA) is 0 Å². The van der Waals surface area contributed by atoms with Crippen molar-refractivity contribution < 1.29 is 46.6 Å². The van der Waals surface area contributed by atoms with Crippen molar-refractivity contribution in [3.05, 3.63) is 23.0 Å². The van der Waals surface area contributed by atoms with Crippen LogP contribution in [0.25, 0.3) is 0 Å². The van der Waals surface area contributed by atoms with Crippen LogP contribution in [0, 0.1) is 0 Å². The van der Waals surface area contributed by atoms with Crippen molar-refractivity contribution in [2.24, 2.45) is 0 Å². The number of allylic oxidation sites excluding steroid dienone is 1. The Morgan fingerprint density at radius 1 is 1.30 bits per heavy atom. The molecule has 0 saturated carbocycles. The second-order valence-electron chi connectivity index (χ2n) is 1.54. The van der Waals surface area contributed by atoms with E-state index in [2.05, 4.69) is 21.6 Å². The number of hydrogen-bond donors (Lipinski definition) is 0. The predicted octanol–water partition coefficient (Wildman–Crippen LogP) is -5.04. The third-order valence-electron chi connectivity index (χ3n) is 0.815. The largest absolute Gasteiger partial charge is 1.00 e. The molecule has 0 unspecified atom stereocenters. The van der Waals surface area contributed by atoms with E-state index in [0.29, 0.717) is 0 Å². The van der Waals surface area contributed by atoms with Crippen molar-refractivity contribution in [2.45, 2.75) is 8.76 Å². The summed E-state index contributed by atoms with van der Waals surface area (Å²) in [6.07, 6.45) is 2.00. The molecule has 0 N–H and O–H groups in total. The fourth-order valence-electron chi connectivity index (χ4n) is 0.311. The summed E-state index contributed by atoms with van der Waals surface area (Å²) in [4.78, 5) is 0. The number of rotatable bonds is 3. The Balaban J connectivity index is -0.0000000600. The second-order valence-corrected chi connectivity index (χ2v) is 7.71. The minimum atomic E-state index is -1.01. The van der Waals surface area contributed by atoms with Gasteiger partial charge in [-0.2, -0.15) is 0 Å². The molecular weight excluding hydrogens is 262 g/mol. The van der Waals surface area contributed by atoms with Crippen LogP contribution in [-0.2, 0) is 21.8 Å². The van der Waals surface area contributed by atoms with Crippen LogP contribution in [0.3, 0.4) is 0 Å². The van der Waals surface area contributed by atoms with Crippen LogP contribution >= 0.6 is 0 Å². The van der Waals surface area contributed by atoms with Crippen molar-refractivity contribution in [3.8, 4) is 0 Å². The normalized spacial score (nSPS) is 5.30. The van der Waals surface area contributed by atoms with Crippen LogP contribution in [0.1, 0.15) is 0 Å². The smallest absolute Gasteiger partial charge is 0.0149 e. The molecule has 4 heteroatoms. The van der Waals surface area contributed by atoms with Gasteiger partial charge in [0.1, 0.15) is 0 Å². The van der Waals surface area contributed by atoms with E-state index in [1.807, 2.05) is 6.08 Å². The molecule has 0 aromatic carbocycles. The third kappa shape index (κ3) is 16.1. The average Bonchev–Trinajstić information content (AvgIpc) is 1.68. The third-order valence-corrected chi connectivity index (χ3v) is 4.82. The quantitative estimate of drug-likeness (QED) is 0.358. The van der Waals surface area contributed by atoms with Gasteiger partial charge in [-0.25, -0.2) is 0 Å². The van der Waals surface area contributed by atoms with E-state index in [0.717, 1.165) is 0 Å². The fourth-order valence-corrected chi connectivity index (χ4v) is 1.84. The van der Waals surface area contributed by atoms with Gasteiger partial charge in [0.15, 0.2) is 0 Å². The monoisotopic (exact) mass is 275 g/mol. The van der Waals surface area contributed by atoms with Gasteiger partial charge in [0, 0.05) is 0 Å². The van der Waals surface area contributed by atoms with Crippen LogP contribution in [0.15, 0.2) is 23.0 Å². The van der Waals surface area contributed by atoms with Gasteiger partial charge in [-0.1, -0.05) is 0 Å². The van der Waals surface area contributed by atoms with E-state index in [9.17, 15) is 0 Å². The predicted molar refractivity (Wildman–Crippen MR) is 42.4 cm³/mol. The molecule has 0 spiro atoms. The van der Waals surface area contributed by atoms with Gasteiger partial charge < -0.3 is 24.8 Å². The Hall–Kier alpha value is 1.16. The molecule has 0 aliphatic heterocycles. The molecule has 0 atom stereocenters. The van der Waals surface area contributed by atoms with E-state index in [4.69, 9.17) is 0 Å². The summed E-state index contributed by atoms with van der Waals surface area (Å²) in [5, 5.41) is 0. The Morgan fingerprint density at radius 3 is 1.80 bits per heavy atom. The SMILES string of the molecule is C=C[CH2][Zr+2]([CH3])[CH]=C.[Cl-].[Cl-].[SiH4]. The van der Waals surface area contributed by atoms with Crippen molar-refractivity contribution in [1.29, 1.82) is 0 Å². The van der Waals surface area contributed by atoms with Crippen LogP contribution in [0.5, 0.6) is 0 Å². The molecule has 0 nitrogen and oxygen atoms in total. The number of hydrogen-bond acceptors (Lipinski definition) is 0. The van der Waals surface area contributed by atoms with Gasteiger partial charge in [-0.15, -0.1) is 0 Å². The minimum Gasteiger partial charge on any atom is -1.00 e. The first kappa shape index (κ1) is 22.5. The Morgan fingerprint density at radius 2 is 1.70 bits per heavy atom. The average molecular weight is 277 g/mol. The van der Waals surface area contributed by atoms with Crippen LogP contribution in [-0.4, -0.2) is 11.0 Å². The van der Waals surface area contributed by atoms with Crippen molar-refractivity contribution >= 4 is 11.0 Å². The van der Waals surface area contributed by atoms with Gasteiger partial charge in [-0.05, 0) is 11.0 Å². The first-order valence-corrected chi connectivity index (χ1v) is 7.98. The van der Waals surface area contributed by atoms with Crippen LogP contribution in [0.4, 0.5) is 0 Å². The molecule has 0 aromatic heterocycles. The summed E-state index contributed by atoms with van der Waals surface area (Å²) in [5.74, 6) is 0. The molecule has 0 amide bonds. The second kappa shape index (κ2) is 16.6. The van der Waals surface area contributed by atoms with E-state index in [1.54, 1.807) is 0 Å². The van der Waals surface area contributed by atoms with E-state index < -0.39 is 21.8 Å². The van der Waals surface area contributed by atoms with Crippen LogP contribution in [0.2, 0.25) is 8.76 Å². The first-order chi connectivity index (χ1) is 3.31. The molecule has 0 aliphatic carbocycles. The molecule has 0 saturated heterocycles. The van der Waals surface area contributed by atoms with Gasteiger partial charge in [0.25, 0.3) is 0 Å². The number of halogens is 2. The molecule has 0 aromatic rings. The minimum absolute atomic E-state index is 0. The summed E-state index contributed by atoms with van der Waals surface area (Å²) in [6, 6.07) is 0. The molecule has 0 radical (unpaired) electrons. The van der Waals surface area contributed by atoms with Gasteiger partial charge >= 0.3 is 53.5 Å². The fraction of sp³-hybridized carbons (Fsp3) is 0.333. The van der Waals surface area contributed by atoms with Gasteiger partial charge in [0.2, 0.25) is 0 Å². The van der Waals surface area contributed by atoms with E-state index in [-0.39, 0.29) is 35.8 Å². The molecule has 0 bridgehead atoms. The Bertz CT molecular complexity index is 78.1. The molecule has 0 rings (SSSR count). The maximum absolute atomic E-state index is 3.72. The molecular formula is C6H15Cl2SiZr. The zero-order valence-electron chi connectivity index (χ0n) is 5.53. The summed E-state index contributed by atoms with van der Waals surface area (Å²) in [7, 11) is 0. The van der Waals surface area contributed by atoms with Gasteiger partial charge in [0.05, 0.1) is 0 Å². The van der Waals surface area contributed by atoms with Crippen molar-refractivity contribution in [1.82, 2.24) is 0 Å². The van der Waals surface area contributed by atoms with Crippen molar-refractivity contribution in [3.63, 3.8) is 0 Å². The molecule has 0 aliphatic rings. The zero-order valence-corrected chi connectivity index (χ0v) is 9.50. The first-order valence-electron chi connectivity index (χ1n) is 2.37. The van der Waals surface area contributed by atoms with Crippen LogP contribution < -0.4 is 24.8 Å². The summed E-state index contributed by atoms with van der Waals surface area (Å²) >= 11 is -1.01. The van der Waals surface area contributed by atoms with E-state index in [1.165, 1.54) is 4.13 Å². The summed E-state index contributed by atoms with van der Waals surface area (Å²) in [6.45, 7) is 7.37. The maximum atomic E-state index is 3.72. The molecule has 0 fully saturated rings. The summed E-state index contributed by atoms with van der Waals surface area (Å²) < 4.78 is 5.69. The molecule has 61 valence electrons. The molecule has 10 heavy (non-hydrogen) atoms. The molecule has 0 heterocycles. The van der Waals surface area contributed by atoms with Crippen molar-refractivity contribution in [2.75, 3.05) is 0 Å². The maximum Gasteiger partial charge on any atom is -0.0149 e. The van der Waals surface area contributed by atoms with E-state index >= 15 is 0 Å². The zero-order chi connectivity index (χ0) is 5.70. The summed E-state index contributed by atoms with van der Waals surface area (Å²) in [5.41, 5.74) is 0. The Kier molecular flexibility index (Phi) is 37.4. The van der Waals surface area contributed by atoms with Gasteiger partial charge in [-0.3, -0.25) is 0 Å².